The first-order chi connectivity index (χ1) is 17.1. The van der Waals surface area contributed by atoms with Crippen molar-refractivity contribution < 1.29 is 14.3 Å². The van der Waals surface area contributed by atoms with Crippen LogP contribution in [-0.4, -0.2) is 64.0 Å². The highest BCUT2D eigenvalue weighted by Gasteiger charge is 2.25. The zero-order valence-electron chi connectivity index (χ0n) is 20.3. The van der Waals surface area contributed by atoms with Crippen molar-refractivity contribution in [1.82, 2.24) is 24.8 Å². The Bertz CT molecular complexity index is 1110. The number of nitrogens with zero attached hydrogens (tertiary/aromatic N) is 5. The van der Waals surface area contributed by atoms with Crippen molar-refractivity contribution in [2.24, 2.45) is 5.92 Å². The molecule has 8 nitrogen and oxygen atoms in total. The molecule has 1 aromatic heterocycles. The standard InChI is InChI=1S/C27H33N5O3/c1-30-16-21-5-9-26(10-6-21)35-20-24-19-32(29-28-24)14-3-15-34-25-11-7-23(8-12-25)27(33)31-13-2-4-22(17-30)18-31/h5-12,19,22H,2-4,13-18,20H2,1H3. The van der Waals surface area contributed by atoms with E-state index in [0.717, 1.165) is 68.2 Å². The summed E-state index contributed by atoms with van der Waals surface area (Å²) < 4.78 is 13.6. The molecule has 2 aromatic carbocycles. The lowest BCUT2D eigenvalue weighted by atomic mass is 9.96. The number of aromatic nitrogens is 3. The molecule has 5 aliphatic heterocycles. The summed E-state index contributed by atoms with van der Waals surface area (Å²) in [6.07, 6.45) is 4.91. The van der Waals surface area contributed by atoms with Gasteiger partial charge in [0.25, 0.3) is 5.91 Å². The molecular formula is C27H33N5O3. The number of carbonyl (C=O) groups is 1. The number of piperidine rings is 1. The largest absolute Gasteiger partial charge is 0.494 e. The second kappa shape index (κ2) is 10.9. The van der Waals surface area contributed by atoms with Crippen LogP contribution in [0.25, 0.3) is 0 Å². The average Bonchev–Trinajstić information content (AvgIpc) is 3.33. The molecule has 1 unspecified atom stereocenters. The van der Waals surface area contributed by atoms with Gasteiger partial charge in [0.1, 0.15) is 23.8 Å². The number of hydrogen-bond acceptors (Lipinski definition) is 6. The van der Waals surface area contributed by atoms with Gasteiger partial charge in [-0.2, -0.15) is 0 Å². The van der Waals surface area contributed by atoms with Gasteiger partial charge >= 0.3 is 0 Å². The fourth-order valence-electron chi connectivity index (χ4n) is 4.87. The summed E-state index contributed by atoms with van der Waals surface area (Å²) in [4.78, 5) is 17.5. The predicted octanol–water partition coefficient (Wildman–Crippen LogP) is 3.62. The Kier molecular flexibility index (Phi) is 7.28. The minimum atomic E-state index is 0.107. The highest BCUT2D eigenvalue weighted by atomic mass is 16.5. The lowest BCUT2D eigenvalue weighted by molar-refractivity contribution is 0.0646. The molecule has 8 heteroatoms. The van der Waals surface area contributed by atoms with Crippen LogP contribution in [0.15, 0.2) is 54.7 Å². The van der Waals surface area contributed by atoms with Crippen LogP contribution in [0.3, 0.4) is 0 Å². The van der Waals surface area contributed by atoms with Crippen LogP contribution in [0.1, 0.15) is 40.9 Å². The van der Waals surface area contributed by atoms with E-state index in [1.165, 1.54) is 5.56 Å². The molecule has 6 heterocycles. The Balaban J connectivity index is 1.30. The van der Waals surface area contributed by atoms with Crippen molar-refractivity contribution in [2.45, 2.75) is 39.0 Å². The number of amides is 1. The molecule has 1 amide bonds. The summed E-state index contributed by atoms with van der Waals surface area (Å²) in [6.45, 7) is 5.11. The van der Waals surface area contributed by atoms with E-state index in [1.54, 1.807) is 0 Å². The third-order valence-corrected chi connectivity index (χ3v) is 6.63. The Morgan fingerprint density at radius 2 is 1.69 bits per heavy atom. The lowest BCUT2D eigenvalue weighted by Crippen LogP contribution is -2.43. The van der Waals surface area contributed by atoms with E-state index in [4.69, 9.17) is 9.47 Å². The van der Waals surface area contributed by atoms with Crippen LogP contribution in [0.2, 0.25) is 0 Å². The number of ether oxygens (including phenoxy) is 2. The SMILES string of the molecule is CN1Cc2ccc(cc2)OCc2cn(nn2)CCCOc2ccc(cc2)C(=O)N2CCCC(C1)C2. The summed E-state index contributed by atoms with van der Waals surface area (Å²) in [5.74, 6) is 2.17. The van der Waals surface area contributed by atoms with E-state index < -0.39 is 0 Å². The maximum Gasteiger partial charge on any atom is 0.253 e. The normalized spacial score (nSPS) is 20.2. The third kappa shape index (κ3) is 6.19. The molecule has 35 heavy (non-hydrogen) atoms. The maximum absolute atomic E-state index is 13.1. The van der Waals surface area contributed by atoms with E-state index in [0.29, 0.717) is 25.7 Å². The molecule has 8 bridgehead atoms. The average molecular weight is 476 g/mol. The molecule has 8 rings (SSSR count). The molecule has 1 atom stereocenters. The van der Waals surface area contributed by atoms with E-state index in [2.05, 4.69) is 34.4 Å². The Labute approximate surface area is 206 Å². The summed E-state index contributed by atoms with van der Waals surface area (Å²) in [6, 6.07) is 15.8. The van der Waals surface area contributed by atoms with Crippen molar-refractivity contribution >= 4 is 5.91 Å². The molecule has 0 aliphatic carbocycles. The van der Waals surface area contributed by atoms with E-state index in [-0.39, 0.29) is 5.91 Å². The van der Waals surface area contributed by atoms with Crippen LogP contribution < -0.4 is 9.47 Å². The van der Waals surface area contributed by atoms with Crippen LogP contribution in [0.4, 0.5) is 0 Å². The van der Waals surface area contributed by atoms with E-state index in [1.807, 2.05) is 52.2 Å². The number of benzene rings is 2. The van der Waals surface area contributed by atoms with Gasteiger partial charge in [-0.1, -0.05) is 17.3 Å². The minimum Gasteiger partial charge on any atom is -0.494 e. The summed E-state index contributed by atoms with van der Waals surface area (Å²) >= 11 is 0. The second-order valence-electron chi connectivity index (χ2n) is 9.59. The minimum absolute atomic E-state index is 0.107. The molecule has 5 aliphatic rings. The van der Waals surface area contributed by atoms with Crippen molar-refractivity contribution in [2.75, 3.05) is 33.3 Å². The van der Waals surface area contributed by atoms with Crippen molar-refractivity contribution in [3.8, 4) is 11.5 Å². The number of aryl methyl sites for hydroxylation is 1. The first-order valence-electron chi connectivity index (χ1n) is 12.4. The van der Waals surface area contributed by atoms with E-state index in [9.17, 15) is 4.79 Å². The summed E-state index contributed by atoms with van der Waals surface area (Å²) in [5, 5.41) is 8.39. The van der Waals surface area contributed by atoms with Gasteiger partial charge in [-0.05, 0) is 67.8 Å². The third-order valence-electron chi connectivity index (χ3n) is 6.63. The van der Waals surface area contributed by atoms with Gasteiger partial charge in [0.05, 0.1) is 12.8 Å². The van der Waals surface area contributed by atoms with Gasteiger partial charge in [-0.15, -0.1) is 5.10 Å². The molecule has 0 radical (unpaired) electrons. The first-order valence-corrected chi connectivity index (χ1v) is 12.4. The number of hydrogen-bond donors (Lipinski definition) is 0. The van der Waals surface area contributed by atoms with Crippen molar-refractivity contribution in [3.63, 3.8) is 0 Å². The molecule has 0 N–H and O–H groups in total. The molecule has 1 saturated heterocycles. The predicted molar refractivity (Wildman–Crippen MR) is 132 cm³/mol. The smallest absolute Gasteiger partial charge is 0.253 e. The van der Waals surface area contributed by atoms with Gasteiger partial charge < -0.3 is 19.3 Å². The summed E-state index contributed by atoms with van der Waals surface area (Å²) in [5.41, 5.74) is 2.76. The van der Waals surface area contributed by atoms with Crippen LogP contribution in [0.5, 0.6) is 11.5 Å². The first kappa shape index (κ1) is 23.4. The zero-order chi connectivity index (χ0) is 24.0. The lowest BCUT2D eigenvalue weighted by Gasteiger charge is -2.35. The molecule has 184 valence electrons. The fourth-order valence-corrected chi connectivity index (χ4v) is 4.87. The quantitative estimate of drug-likeness (QED) is 0.495. The fraction of sp³-hybridized carbons (Fsp3) is 0.444. The second-order valence-corrected chi connectivity index (χ2v) is 9.59. The van der Waals surface area contributed by atoms with Crippen molar-refractivity contribution in [1.29, 1.82) is 0 Å². The Hall–Kier alpha value is -3.39. The Morgan fingerprint density at radius 3 is 2.51 bits per heavy atom. The topological polar surface area (TPSA) is 72.7 Å². The zero-order valence-corrected chi connectivity index (χ0v) is 20.3. The highest BCUT2D eigenvalue weighted by molar-refractivity contribution is 5.94. The van der Waals surface area contributed by atoms with Crippen molar-refractivity contribution in [3.05, 3.63) is 71.5 Å². The molecular weight excluding hydrogens is 442 g/mol. The monoisotopic (exact) mass is 475 g/mol. The van der Waals surface area contributed by atoms with Crippen LogP contribution in [-0.2, 0) is 19.7 Å². The highest BCUT2D eigenvalue weighted by Crippen LogP contribution is 2.22. The van der Waals surface area contributed by atoms with Gasteiger partial charge in [0.2, 0.25) is 0 Å². The number of rotatable bonds is 0. The maximum atomic E-state index is 13.1. The van der Waals surface area contributed by atoms with Crippen LogP contribution in [0, 0.1) is 5.92 Å². The van der Waals surface area contributed by atoms with Gasteiger partial charge in [0, 0.05) is 44.7 Å². The Morgan fingerprint density at radius 1 is 0.914 bits per heavy atom. The number of carbonyl (C=O) groups excluding carboxylic acids is 1. The molecule has 3 aromatic rings. The van der Waals surface area contributed by atoms with Crippen LogP contribution >= 0.6 is 0 Å². The van der Waals surface area contributed by atoms with Gasteiger partial charge in [-0.25, -0.2) is 0 Å². The van der Waals surface area contributed by atoms with Gasteiger partial charge in [-0.3, -0.25) is 9.48 Å². The molecule has 0 spiro atoms. The molecule has 1 fully saturated rings. The summed E-state index contributed by atoms with van der Waals surface area (Å²) in [7, 11) is 2.15. The van der Waals surface area contributed by atoms with E-state index >= 15 is 0 Å². The molecule has 0 saturated carbocycles. The van der Waals surface area contributed by atoms with Gasteiger partial charge in [0.15, 0.2) is 0 Å².